The van der Waals surface area contributed by atoms with Gasteiger partial charge in [-0.1, -0.05) is 12.1 Å². The Bertz CT molecular complexity index is 567. The van der Waals surface area contributed by atoms with E-state index in [0.717, 1.165) is 0 Å². The molecule has 3 N–H and O–H groups in total. The number of hydrogen-bond acceptors (Lipinski definition) is 5. The number of para-hydroxylation sites is 1. The summed E-state index contributed by atoms with van der Waals surface area (Å²) in [5, 5.41) is 14.4. The van der Waals surface area contributed by atoms with Crippen molar-refractivity contribution in [2.75, 3.05) is 31.7 Å². The maximum Gasteiger partial charge on any atom is 0.500 e. The van der Waals surface area contributed by atoms with Crippen LogP contribution in [0.2, 0.25) is 6.04 Å². The molecule has 0 saturated carbocycles. The van der Waals surface area contributed by atoms with Gasteiger partial charge in [0.05, 0.1) is 11.3 Å². The third-order valence-electron chi connectivity index (χ3n) is 3.44. The number of carboxylic acids is 1. The van der Waals surface area contributed by atoms with E-state index in [-0.39, 0.29) is 11.3 Å². The lowest BCUT2D eigenvalue weighted by Gasteiger charge is -2.28. The van der Waals surface area contributed by atoms with Gasteiger partial charge in [-0.15, -0.1) is 0 Å². The minimum atomic E-state index is -2.71. The maximum atomic E-state index is 12.0. The highest BCUT2D eigenvalue weighted by atomic mass is 28.4. The molecule has 0 radical (unpaired) electrons. The molecule has 0 unspecified atom stereocenters. The van der Waals surface area contributed by atoms with Crippen LogP contribution in [0, 0.1) is 0 Å². The Morgan fingerprint density at radius 2 is 1.62 bits per heavy atom. The van der Waals surface area contributed by atoms with Crippen molar-refractivity contribution in [2.45, 2.75) is 33.2 Å². The Labute approximate surface area is 155 Å². The zero-order valence-corrected chi connectivity index (χ0v) is 16.5. The predicted octanol–water partition coefficient (Wildman–Crippen LogP) is 2.94. The SMILES string of the molecule is CCO[Si](CCCNC(=O)Nc1ccccc1C(=O)O)(OCC)OCC. The van der Waals surface area contributed by atoms with Crippen LogP contribution in [-0.4, -0.2) is 52.3 Å². The highest BCUT2D eigenvalue weighted by Gasteiger charge is 2.39. The molecule has 8 nitrogen and oxygen atoms in total. The molecule has 9 heteroatoms. The van der Waals surface area contributed by atoms with Crippen LogP contribution in [0.1, 0.15) is 37.6 Å². The first kappa shape index (κ1) is 22.1. The number of anilines is 1. The van der Waals surface area contributed by atoms with Crippen LogP contribution in [0.5, 0.6) is 0 Å². The number of hydrogen-bond donors (Lipinski definition) is 3. The summed E-state index contributed by atoms with van der Waals surface area (Å²) in [5.74, 6) is -1.10. The van der Waals surface area contributed by atoms with Crippen LogP contribution in [0.4, 0.5) is 10.5 Å². The quantitative estimate of drug-likeness (QED) is 0.378. The van der Waals surface area contributed by atoms with Gasteiger partial charge in [0.1, 0.15) is 0 Å². The smallest absolute Gasteiger partial charge is 0.478 e. The molecule has 146 valence electrons. The van der Waals surface area contributed by atoms with Crippen molar-refractivity contribution in [3.63, 3.8) is 0 Å². The molecule has 0 fully saturated rings. The number of benzene rings is 1. The molecule has 1 aromatic rings. The second-order valence-electron chi connectivity index (χ2n) is 5.32. The number of rotatable bonds is 12. The molecule has 0 atom stereocenters. The van der Waals surface area contributed by atoms with Crippen molar-refractivity contribution < 1.29 is 28.0 Å². The third-order valence-corrected chi connectivity index (χ3v) is 6.60. The van der Waals surface area contributed by atoms with Crippen molar-refractivity contribution in [3.05, 3.63) is 29.8 Å². The molecule has 1 aromatic carbocycles. The molecule has 0 aliphatic rings. The van der Waals surface area contributed by atoms with Crippen molar-refractivity contribution in [1.29, 1.82) is 0 Å². The molecule has 0 heterocycles. The standard InChI is InChI=1S/C17H28N2O6Si/c1-4-23-26(24-5-2,25-6-3)13-9-12-18-17(22)19-15-11-8-7-10-14(15)16(20)21/h7-8,10-11H,4-6,9,12-13H2,1-3H3,(H,20,21)(H2,18,19,22). The molecule has 0 aliphatic heterocycles. The molecule has 0 spiro atoms. The lowest BCUT2D eigenvalue weighted by Crippen LogP contribution is -2.46. The summed E-state index contributed by atoms with van der Waals surface area (Å²) in [5.41, 5.74) is 0.289. The molecular weight excluding hydrogens is 356 g/mol. The zero-order valence-electron chi connectivity index (χ0n) is 15.5. The number of carbonyl (C=O) groups excluding carboxylic acids is 1. The van der Waals surface area contributed by atoms with Crippen molar-refractivity contribution >= 4 is 26.5 Å². The second kappa shape index (κ2) is 11.6. The highest BCUT2D eigenvalue weighted by molar-refractivity contribution is 6.60. The van der Waals surface area contributed by atoms with Gasteiger partial charge in [-0.05, 0) is 39.3 Å². The van der Waals surface area contributed by atoms with Gasteiger partial charge in [0.25, 0.3) is 0 Å². The van der Waals surface area contributed by atoms with E-state index in [1.807, 2.05) is 20.8 Å². The van der Waals surface area contributed by atoms with E-state index < -0.39 is 20.8 Å². The normalized spacial score (nSPS) is 11.2. The molecule has 1 rings (SSSR count). The van der Waals surface area contributed by atoms with E-state index in [2.05, 4.69) is 10.6 Å². The van der Waals surface area contributed by atoms with E-state index >= 15 is 0 Å². The van der Waals surface area contributed by atoms with Gasteiger partial charge < -0.3 is 29.0 Å². The Balaban J connectivity index is 2.51. The maximum absolute atomic E-state index is 12.0. The Hall–Kier alpha value is -1.94. The number of amides is 2. The second-order valence-corrected chi connectivity index (χ2v) is 8.05. The molecular formula is C17H28N2O6Si. The van der Waals surface area contributed by atoms with Crippen molar-refractivity contribution in [1.82, 2.24) is 5.32 Å². The first-order valence-corrected chi connectivity index (χ1v) is 10.7. The predicted molar refractivity (Wildman–Crippen MR) is 100 cm³/mol. The van der Waals surface area contributed by atoms with Gasteiger partial charge in [-0.2, -0.15) is 0 Å². The van der Waals surface area contributed by atoms with Crippen LogP contribution in [-0.2, 0) is 13.3 Å². The van der Waals surface area contributed by atoms with Crippen molar-refractivity contribution in [2.24, 2.45) is 0 Å². The fourth-order valence-corrected chi connectivity index (χ4v) is 5.07. The fourth-order valence-electron chi connectivity index (χ4n) is 2.45. The summed E-state index contributed by atoms with van der Waals surface area (Å²) < 4.78 is 17.3. The monoisotopic (exact) mass is 384 g/mol. The van der Waals surface area contributed by atoms with Crippen LogP contribution in [0.3, 0.4) is 0 Å². The van der Waals surface area contributed by atoms with Gasteiger partial charge in [0.2, 0.25) is 0 Å². The summed E-state index contributed by atoms with van der Waals surface area (Å²) in [7, 11) is -2.71. The number of carboxylic acid groups (broad SMARTS) is 1. The first-order chi connectivity index (χ1) is 12.5. The summed E-state index contributed by atoms with van der Waals surface area (Å²) in [6.07, 6.45) is 0.625. The van der Waals surface area contributed by atoms with Gasteiger partial charge >= 0.3 is 20.8 Å². The Kier molecular flexibility index (Phi) is 9.88. The molecule has 0 aromatic heterocycles. The number of urea groups is 1. The summed E-state index contributed by atoms with van der Waals surface area (Å²) >= 11 is 0. The van der Waals surface area contributed by atoms with Crippen LogP contribution in [0.15, 0.2) is 24.3 Å². The average molecular weight is 385 g/mol. The Morgan fingerprint density at radius 1 is 1.04 bits per heavy atom. The molecule has 0 aliphatic carbocycles. The number of aromatic carboxylic acids is 1. The number of carbonyl (C=O) groups is 2. The molecule has 2 amide bonds. The van der Waals surface area contributed by atoms with Gasteiger partial charge in [0, 0.05) is 32.4 Å². The van der Waals surface area contributed by atoms with Crippen LogP contribution >= 0.6 is 0 Å². The minimum absolute atomic E-state index is 0.0399. The van der Waals surface area contributed by atoms with Gasteiger partial charge in [-0.25, -0.2) is 9.59 Å². The van der Waals surface area contributed by atoms with E-state index in [9.17, 15) is 9.59 Å². The largest absolute Gasteiger partial charge is 0.500 e. The van der Waals surface area contributed by atoms with Crippen LogP contribution in [0.25, 0.3) is 0 Å². The lowest BCUT2D eigenvalue weighted by atomic mass is 10.2. The minimum Gasteiger partial charge on any atom is -0.478 e. The zero-order chi connectivity index (χ0) is 19.4. The lowest BCUT2D eigenvalue weighted by molar-refractivity contribution is 0.0692. The first-order valence-electron chi connectivity index (χ1n) is 8.77. The molecule has 0 bridgehead atoms. The summed E-state index contributed by atoms with van der Waals surface area (Å²) in [6.45, 7) is 7.59. The van der Waals surface area contributed by atoms with E-state index in [4.69, 9.17) is 18.4 Å². The van der Waals surface area contributed by atoms with Gasteiger partial charge in [0.15, 0.2) is 0 Å². The highest BCUT2D eigenvalue weighted by Crippen LogP contribution is 2.18. The number of nitrogens with one attached hydrogen (secondary N) is 2. The Morgan fingerprint density at radius 3 is 2.15 bits per heavy atom. The third kappa shape index (κ3) is 7.12. The summed E-state index contributed by atoms with van der Waals surface area (Å²) in [4.78, 5) is 23.1. The molecule has 26 heavy (non-hydrogen) atoms. The van der Waals surface area contributed by atoms with E-state index in [1.54, 1.807) is 18.2 Å². The van der Waals surface area contributed by atoms with Crippen molar-refractivity contribution in [3.8, 4) is 0 Å². The van der Waals surface area contributed by atoms with Gasteiger partial charge in [-0.3, -0.25) is 0 Å². The topological polar surface area (TPSA) is 106 Å². The van der Waals surface area contributed by atoms with E-state index in [0.29, 0.717) is 38.8 Å². The average Bonchev–Trinajstić information content (AvgIpc) is 2.60. The fraction of sp³-hybridized carbons (Fsp3) is 0.529. The van der Waals surface area contributed by atoms with E-state index in [1.165, 1.54) is 6.07 Å². The summed E-state index contributed by atoms with van der Waals surface area (Å²) in [6, 6.07) is 6.37. The molecule has 0 saturated heterocycles. The van der Waals surface area contributed by atoms with Crippen LogP contribution < -0.4 is 10.6 Å².